The molecule has 2 rings (SSSR count). The van der Waals surface area contributed by atoms with Crippen LogP contribution in [0.5, 0.6) is 0 Å². The average molecular weight is 389 g/mol. The van der Waals surface area contributed by atoms with Crippen molar-refractivity contribution in [1.29, 1.82) is 0 Å². The van der Waals surface area contributed by atoms with Crippen LogP contribution >= 0.6 is 11.6 Å². The molecule has 0 aliphatic carbocycles. The van der Waals surface area contributed by atoms with Crippen LogP contribution in [0.3, 0.4) is 0 Å². The van der Waals surface area contributed by atoms with Crippen LogP contribution in [0.15, 0.2) is 24.3 Å². The van der Waals surface area contributed by atoms with Crippen molar-refractivity contribution in [2.24, 2.45) is 0 Å². The van der Waals surface area contributed by atoms with Crippen molar-refractivity contribution in [3.05, 3.63) is 34.9 Å². The number of ether oxygens (including phenoxy) is 1. The molecule has 1 saturated heterocycles. The second kappa shape index (κ2) is 7.93. The standard InChI is InChI=1S/C17H25ClN2O4S/c1-17(2,3)24-16(21)20-9-5-8-15(11-20)19-25(22,23)12-13-6-4-7-14(18)10-13/h4,6-7,10,15,19H,5,8-9,11-12H2,1-3H3/t15-/m0/s1. The maximum atomic E-state index is 12.4. The molecule has 6 nitrogen and oxygen atoms in total. The summed E-state index contributed by atoms with van der Waals surface area (Å²) in [5.41, 5.74) is 0.0515. The van der Waals surface area contributed by atoms with Crippen molar-refractivity contribution in [1.82, 2.24) is 9.62 Å². The van der Waals surface area contributed by atoms with Crippen LogP contribution in [0.2, 0.25) is 5.02 Å². The second-order valence-corrected chi connectivity index (χ2v) is 9.46. The minimum absolute atomic E-state index is 0.142. The van der Waals surface area contributed by atoms with Crippen LogP contribution in [0.4, 0.5) is 4.79 Å². The number of rotatable bonds is 4. The van der Waals surface area contributed by atoms with E-state index < -0.39 is 21.7 Å². The molecular weight excluding hydrogens is 364 g/mol. The smallest absolute Gasteiger partial charge is 0.410 e. The van der Waals surface area contributed by atoms with Crippen molar-refractivity contribution < 1.29 is 17.9 Å². The molecule has 1 aliphatic heterocycles. The first-order chi connectivity index (χ1) is 11.5. The van der Waals surface area contributed by atoms with E-state index in [1.54, 1.807) is 49.9 Å². The maximum Gasteiger partial charge on any atom is 0.410 e. The number of benzene rings is 1. The van der Waals surface area contributed by atoms with E-state index in [-0.39, 0.29) is 11.8 Å². The zero-order valence-electron chi connectivity index (χ0n) is 14.8. The van der Waals surface area contributed by atoms with Gasteiger partial charge in [0.15, 0.2) is 0 Å². The first-order valence-corrected chi connectivity index (χ1v) is 10.3. The van der Waals surface area contributed by atoms with E-state index in [2.05, 4.69) is 4.72 Å². The molecule has 0 unspecified atom stereocenters. The molecule has 1 aliphatic rings. The topological polar surface area (TPSA) is 75.7 Å². The summed E-state index contributed by atoms with van der Waals surface area (Å²) in [5, 5.41) is 0.501. The molecule has 1 amide bonds. The average Bonchev–Trinajstić information content (AvgIpc) is 2.44. The Balaban J connectivity index is 1.96. The van der Waals surface area contributed by atoms with E-state index in [0.717, 1.165) is 6.42 Å². The van der Waals surface area contributed by atoms with E-state index in [0.29, 0.717) is 30.1 Å². The number of piperidine rings is 1. The van der Waals surface area contributed by atoms with E-state index in [1.165, 1.54) is 0 Å². The first-order valence-electron chi connectivity index (χ1n) is 8.26. The van der Waals surface area contributed by atoms with Crippen LogP contribution in [-0.2, 0) is 20.5 Å². The summed E-state index contributed by atoms with van der Waals surface area (Å²) in [7, 11) is -3.52. The number of carbonyl (C=O) groups excluding carboxylic acids is 1. The highest BCUT2D eigenvalue weighted by Crippen LogP contribution is 2.17. The molecule has 1 aromatic carbocycles. The van der Waals surface area contributed by atoms with Gasteiger partial charge in [0.25, 0.3) is 0 Å². The fraction of sp³-hybridized carbons (Fsp3) is 0.588. The number of amides is 1. The Morgan fingerprint density at radius 3 is 2.76 bits per heavy atom. The zero-order valence-corrected chi connectivity index (χ0v) is 16.4. The summed E-state index contributed by atoms with van der Waals surface area (Å²) >= 11 is 5.90. The third kappa shape index (κ3) is 6.84. The third-order valence-corrected chi connectivity index (χ3v) is 5.31. The van der Waals surface area contributed by atoms with Gasteiger partial charge in [-0.2, -0.15) is 0 Å². The number of hydrogen-bond donors (Lipinski definition) is 1. The lowest BCUT2D eigenvalue weighted by Gasteiger charge is -2.34. The van der Waals surface area contributed by atoms with Gasteiger partial charge in [-0.05, 0) is 51.3 Å². The summed E-state index contributed by atoms with van der Waals surface area (Å²) < 4.78 is 32.8. The van der Waals surface area contributed by atoms with Crippen LogP contribution in [0.25, 0.3) is 0 Å². The lowest BCUT2D eigenvalue weighted by Crippen LogP contribution is -2.50. The van der Waals surface area contributed by atoms with Gasteiger partial charge in [0.1, 0.15) is 5.60 Å². The third-order valence-electron chi connectivity index (χ3n) is 3.67. The number of carbonyl (C=O) groups is 1. The monoisotopic (exact) mass is 388 g/mol. The molecule has 1 atom stereocenters. The summed E-state index contributed by atoms with van der Waals surface area (Å²) in [6.07, 6.45) is 1.00. The molecule has 1 fully saturated rings. The molecule has 0 aromatic heterocycles. The van der Waals surface area contributed by atoms with Crippen LogP contribution < -0.4 is 4.72 Å². The van der Waals surface area contributed by atoms with Crippen molar-refractivity contribution in [3.63, 3.8) is 0 Å². The van der Waals surface area contributed by atoms with Gasteiger partial charge in [-0.25, -0.2) is 17.9 Å². The van der Waals surface area contributed by atoms with Gasteiger partial charge in [-0.3, -0.25) is 0 Å². The largest absolute Gasteiger partial charge is 0.444 e. The number of nitrogens with zero attached hydrogens (tertiary/aromatic N) is 1. The Morgan fingerprint density at radius 2 is 2.12 bits per heavy atom. The molecule has 25 heavy (non-hydrogen) atoms. The fourth-order valence-corrected chi connectivity index (χ4v) is 4.32. The highest BCUT2D eigenvalue weighted by molar-refractivity contribution is 7.88. The van der Waals surface area contributed by atoms with Gasteiger partial charge in [-0.15, -0.1) is 0 Å². The van der Waals surface area contributed by atoms with Crippen molar-refractivity contribution in [2.75, 3.05) is 13.1 Å². The van der Waals surface area contributed by atoms with Gasteiger partial charge in [-0.1, -0.05) is 23.7 Å². The highest BCUT2D eigenvalue weighted by Gasteiger charge is 2.29. The Bertz CT molecular complexity index is 716. The lowest BCUT2D eigenvalue weighted by atomic mass is 10.1. The molecule has 0 radical (unpaired) electrons. The lowest BCUT2D eigenvalue weighted by molar-refractivity contribution is 0.0195. The SMILES string of the molecule is CC(C)(C)OC(=O)N1CCC[C@H](NS(=O)(=O)Cc2cccc(Cl)c2)C1. The molecule has 1 aromatic rings. The summed E-state index contributed by atoms with van der Waals surface area (Å²) in [4.78, 5) is 13.7. The maximum absolute atomic E-state index is 12.4. The van der Waals surface area contributed by atoms with Crippen molar-refractivity contribution in [2.45, 2.75) is 51.0 Å². The Morgan fingerprint density at radius 1 is 1.40 bits per heavy atom. The van der Waals surface area contributed by atoms with Crippen LogP contribution in [0.1, 0.15) is 39.2 Å². The fourth-order valence-electron chi connectivity index (χ4n) is 2.71. The minimum atomic E-state index is -3.52. The molecule has 8 heteroatoms. The number of likely N-dealkylation sites (tertiary alicyclic amines) is 1. The molecule has 1 heterocycles. The molecular formula is C17H25ClN2O4S. The van der Waals surface area contributed by atoms with Gasteiger partial charge < -0.3 is 9.64 Å². The number of hydrogen-bond acceptors (Lipinski definition) is 4. The van der Waals surface area contributed by atoms with E-state index >= 15 is 0 Å². The predicted octanol–water partition coefficient (Wildman–Crippen LogP) is 3.16. The van der Waals surface area contributed by atoms with E-state index in [9.17, 15) is 13.2 Å². The Kier molecular flexibility index (Phi) is 6.35. The molecule has 1 N–H and O–H groups in total. The summed E-state index contributed by atoms with van der Waals surface area (Å²) in [5.74, 6) is -0.142. The van der Waals surface area contributed by atoms with E-state index in [4.69, 9.17) is 16.3 Å². The summed E-state index contributed by atoms with van der Waals surface area (Å²) in [6.45, 7) is 6.30. The first kappa shape index (κ1) is 20.0. The van der Waals surface area contributed by atoms with E-state index in [1.807, 2.05) is 0 Å². The minimum Gasteiger partial charge on any atom is -0.444 e. The Hall–Kier alpha value is -1.31. The highest BCUT2D eigenvalue weighted by atomic mass is 35.5. The number of sulfonamides is 1. The normalized spacial score (nSPS) is 18.9. The quantitative estimate of drug-likeness (QED) is 0.859. The summed E-state index contributed by atoms with van der Waals surface area (Å²) in [6, 6.07) is 6.46. The predicted molar refractivity (Wildman–Crippen MR) is 98.0 cm³/mol. The molecule has 140 valence electrons. The van der Waals surface area contributed by atoms with Gasteiger partial charge in [0.2, 0.25) is 10.0 Å². The molecule has 0 saturated carbocycles. The number of nitrogens with one attached hydrogen (secondary N) is 1. The van der Waals surface area contributed by atoms with Gasteiger partial charge >= 0.3 is 6.09 Å². The molecule has 0 spiro atoms. The van der Waals surface area contributed by atoms with Gasteiger partial charge in [0, 0.05) is 24.2 Å². The van der Waals surface area contributed by atoms with Crippen LogP contribution in [0, 0.1) is 0 Å². The Labute approximate surface area is 154 Å². The molecule has 0 bridgehead atoms. The second-order valence-electron chi connectivity index (χ2n) is 7.27. The zero-order chi connectivity index (χ0) is 18.7. The van der Waals surface area contributed by atoms with Gasteiger partial charge in [0.05, 0.1) is 5.75 Å². The van der Waals surface area contributed by atoms with Crippen molar-refractivity contribution >= 4 is 27.7 Å². The van der Waals surface area contributed by atoms with Crippen molar-refractivity contribution in [3.8, 4) is 0 Å². The number of halogens is 1. The van der Waals surface area contributed by atoms with Crippen LogP contribution in [-0.4, -0.2) is 44.1 Å².